The van der Waals surface area contributed by atoms with Gasteiger partial charge in [0.05, 0.1) is 0 Å². The number of carbonyl (C=O) groups is 1. The molecule has 0 aromatic heterocycles. The topological polar surface area (TPSA) is 53.6 Å². The lowest BCUT2D eigenvalue weighted by Crippen LogP contribution is -2.30. The summed E-state index contributed by atoms with van der Waals surface area (Å²) in [4.78, 5) is 14.3. The molecule has 0 aliphatic carbocycles. The number of carbonyl (C=O) groups excluding carboxylic acids is 1. The Morgan fingerprint density at radius 1 is 1.20 bits per heavy atom. The molecular formula is C20H33N3O2. The van der Waals surface area contributed by atoms with Gasteiger partial charge in [0, 0.05) is 18.3 Å². The van der Waals surface area contributed by atoms with Crippen molar-refractivity contribution in [3.8, 4) is 0 Å². The highest BCUT2D eigenvalue weighted by Crippen LogP contribution is 2.15. The summed E-state index contributed by atoms with van der Waals surface area (Å²) in [5.74, 6) is 0. The van der Waals surface area contributed by atoms with Crippen molar-refractivity contribution in [3.63, 3.8) is 0 Å². The number of nitrogens with one attached hydrogen (secondary N) is 2. The van der Waals surface area contributed by atoms with Gasteiger partial charge in [0.15, 0.2) is 0 Å². The van der Waals surface area contributed by atoms with Crippen LogP contribution in [0.2, 0.25) is 0 Å². The maximum atomic E-state index is 11.8. The predicted octanol–water partition coefficient (Wildman–Crippen LogP) is 4.00. The molecule has 1 fully saturated rings. The van der Waals surface area contributed by atoms with Crippen molar-refractivity contribution in [2.24, 2.45) is 0 Å². The number of likely N-dealkylation sites (tertiary alicyclic amines) is 1. The standard InChI is InChI=1S/C20H33N3O2/c1-5-23-13-6-7-17(12-14-23)21-15-16-8-10-18(11-9-16)22-19(24)25-20(2,3)4/h8-11,17,21H,5-7,12-15H2,1-4H3,(H,22,24). The average Bonchev–Trinajstić information content (AvgIpc) is 2.77. The van der Waals surface area contributed by atoms with Crippen LogP contribution in [0.1, 0.15) is 52.5 Å². The van der Waals surface area contributed by atoms with Crippen molar-refractivity contribution < 1.29 is 9.53 Å². The predicted molar refractivity (Wildman–Crippen MR) is 103 cm³/mol. The quantitative estimate of drug-likeness (QED) is 0.845. The zero-order chi connectivity index (χ0) is 18.3. The van der Waals surface area contributed by atoms with Crippen molar-refractivity contribution in [2.45, 2.75) is 65.1 Å². The molecule has 1 aromatic rings. The number of anilines is 1. The number of benzene rings is 1. The minimum Gasteiger partial charge on any atom is -0.444 e. The third-order valence-electron chi connectivity index (χ3n) is 4.46. The van der Waals surface area contributed by atoms with Gasteiger partial charge in [-0.05, 0) is 77.4 Å². The van der Waals surface area contributed by atoms with Crippen LogP contribution in [-0.2, 0) is 11.3 Å². The maximum absolute atomic E-state index is 11.8. The smallest absolute Gasteiger partial charge is 0.412 e. The Balaban J connectivity index is 1.77. The molecule has 1 aliphatic heterocycles. The van der Waals surface area contributed by atoms with E-state index in [-0.39, 0.29) is 0 Å². The van der Waals surface area contributed by atoms with E-state index >= 15 is 0 Å². The van der Waals surface area contributed by atoms with Crippen LogP contribution in [0.4, 0.5) is 10.5 Å². The zero-order valence-electron chi connectivity index (χ0n) is 16.1. The van der Waals surface area contributed by atoms with E-state index in [0.29, 0.717) is 6.04 Å². The van der Waals surface area contributed by atoms with Crippen molar-refractivity contribution in [1.82, 2.24) is 10.2 Å². The van der Waals surface area contributed by atoms with Crippen LogP contribution in [0.5, 0.6) is 0 Å². The van der Waals surface area contributed by atoms with Gasteiger partial charge in [0.2, 0.25) is 0 Å². The fraction of sp³-hybridized carbons (Fsp3) is 0.650. The lowest BCUT2D eigenvalue weighted by Gasteiger charge is -2.20. The molecule has 1 atom stereocenters. The highest BCUT2D eigenvalue weighted by molar-refractivity contribution is 5.84. The lowest BCUT2D eigenvalue weighted by atomic mass is 10.1. The number of nitrogens with zero attached hydrogens (tertiary/aromatic N) is 1. The van der Waals surface area contributed by atoms with Crippen molar-refractivity contribution in [2.75, 3.05) is 25.0 Å². The molecule has 1 saturated heterocycles. The summed E-state index contributed by atoms with van der Waals surface area (Å²) in [6.45, 7) is 12.2. The minimum absolute atomic E-state index is 0.419. The normalized spacial score (nSPS) is 19.3. The first-order valence-corrected chi connectivity index (χ1v) is 9.40. The van der Waals surface area contributed by atoms with Crippen LogP contribution in [0, 0.1) is 0 Å². The number of hydrogen-bond donors (Lipinski definition) is 2. The SMILES string of the molecule is CCN1CCCC(NCc2ccc(NC(=O)OC(C)(C)C)cc2)CC1. The monoisotopic (exact) mass is 347 g/mol. The van der Waals surface area contributed by atoms with E-state index < -0.39 is 11.7 Å². The Hall–Kier alpha value is -1.59. The number of ether oxygens (including phenoxy) is 1. The molecule has 1 amide bonds. The van der Waals surface area contributed by atoms with Crippen LogP contribution < -0.4 is 10.6 Å². The molecule has 2 rings (SSSR count). The summed E-state index contributed by atoms with van der Waals surface area (Å²) in [5, 5.41) is 6.44. The summed E-state index contributed by atoms with van der Waals surface area (Å²) < 4.78 is 5.26. The first-order chi connectivity index (χ1) is 11.9. The van der Waals surface area contributed by atoms with Crippen molar-refractivity contribution in [3.05, 3.63) is 29.8 Å². The molecule has 0 spiro atoms. The second-order valence-electron chi connectivity index (χ2n) is 7.77. The van der Waals surface area contributed by atoms with Gasteiger partial charge in [-0.2, -0.15) is 0 Å². The van der Waals surface area contributed by atoms with Gasteiger partial charge in [0.25, 0.3) is 0 Å². The van der Waals surface area contributed by atoms with Gasteiger partial charge in [-0.3, -0.25) is 5.32 Å². The first-order valence-electron chi connectivity index (χ1n) is 9.40. The average molecular weight is 348 g/mol. The van der Waals surface area contributed by atoms with Crippen molar-refractivity contribution in [1.29, 1.82) is 0 Å². The Bertz CT molecular complexity index is 537. The molecule has 1 heterocycles. The van der Waals surface area contributed by atoms with Gasteiger partial charge in [-0.15, -0.1) is 0 Å². The Labute approximate surface area is 152 Å². The number of hydrogen-bond acceptors (Lipinski definition) is 4. The molecule has 5 nitrogen and oxygen atoms in total. The summed E-state index contributed by atoms with van der Waals surface area (Å²) in [5.41, 5.74) is 1.50. The molecule has 2 N–H and O–H groups in total. The van der Waals surface area contributed by atoms with E-state index in [1.165, 1.54) is 37.9 Å². The van der Waals surface area contributed by atoms with Crippen LogP contribution >= 0.6 is 0 Å². The molecular weight excluding hydrogens is 314 g/mol. The molecule has 140 valence electrons. The van der Waals surface area contributed by atoms with E-state index in [9.17, 15) is 4.79 Å². The molecule has 0 radical (unpaired) electrons. The number of rotatable bonds is 5. The Kier molecular flexibility index (Phi) is 7.26. The van der Waals surface area contributed by atoms with Gasteiger partial charge < -0.3 is 15.0 Å². The van der Waals surface area contributed by atoms with Crippen LogP contribution in [-0.4, -0.2) is 42.3 Å². The largest absolute Gasteiger partial charge is 0.444 e. The van der Waals surface area contributed by atoms with Gasteiger partial charge >= 0.3 is 6.09 Å². The van der Waals surface area contributed by atoms with Gasteiger partial charge in [-0.25, -0.2) is 4.79 Å². The molecule has 0 bridgehead atoms. The highest BCUT2D eigenvalue weighted by Gasteiger charge is 2.17. The highest BCUT2D eigenvalue weighted by atomic mass is 16.6. The maximum Gasteiger partial charge on any atom is 0.412 e. The number of amides is 1. The third-order valence-corrected chi connectivity index (χ3v) is 4.46. The second kappa shape index (κ2) is 9.20. The van der Waals surface area contributed by atoms with Crippen LogP contribution in [0.25, 0.3) is 0 Å². The third kappa shape index (κ3) is 7.45. The van der Waals surface area contributed by atoms with Crippen LogP contribution in [0.3, 0.4) is 0 Å². The van der Waals surface area contributed by atoms with E-state index in [4.69, 9.17) is 4.74 Å². The summed E-state index contributed by atoms with van der Waals surface area (Å²) in [7, 11) is 0. The zero-order valence-corrected chi connectivity index (χ0v) is 16.1. The minimum atomic E-state index is -0.486. The van der Waals surface area contributed by atoms with E-state index in [0.717, 1.165) is 18.8 Å². The second-order valence-corrected chi connectivity index (χ2v) is 7.77. The first kappa shape index (κ1) is 19.7. The molecule has 5 heteroatoms. The molecule has 1 unspecified atom stereocenters. The molecule has 1 aliphatic rings. The van der Waals surface area contributed by atoms with Gasteiger partial charge in [0.1, 0.15) is 5.60 Å². The van der Waals surface area contributed by atoms with Gasteiger partial charge in [-0.1, -0.05) is 19.1 Å². The Morgan fingerprint density at radius 3 is 2.56 bits per heavy atom. The lowest BCUT2D eigenvalue weighted by molar-refractivity contribution is 0.0636. The fourth-order valence-electron chi connectivity index (χ4n) is 3.07. The molecule has 25 heavy (non-hydrogen) atoms. The molecule has 0 saturated carbocycles. The van der Waals surface area contributed by atoms with Crippen molar-refractivity contribution >= 4 is 11.8 Å². The summed E-state index contributed by atoms with van der Waals surface area (Å²) >= 11 is 0. The van der Waals surface area contributed by atoms with Crippen LogP contribution in [0.15, 0.2) is 24.3 Å². The van der Waals surface area contributed by atoms with E-state index in [2.05, 4.69) is 34.6 Å². The fourth-order valence-corrected chi connectivity index (χ4v) is 3.07. The molecule has 1 aromatic carbocycles. The van der Waals surface area contributed by atoms with E-state index in [1.807, 2.05) is 32.9 Å². The Morgan fingerprint density at radius 2 is 1.92 bits per heavy atom. The summed E-state index contributed by atoms with van der Waals surface area (Å²) in [6, 6.07) is 8.54. The van der Waals surface area contributed by atoms with E-state index in [1.54, 1.807) is 0 Å². The summed E-state index contributed by atoms with van der Waals surface area (Å²) in [6.07, 6.45) is 3.31.